The van der Waals surface area contributed by atoms with Gasteiger partial charge in [0.15, 0.2) is 5.96 Å². The minimum Gasteiger partial charge on any atom is -0.371 e. The number of hydrogen-bond acceptors (Lipinski definition) is 2. The number of aliphatic imine (C=N–C) groups is 1. The van der Waals surface area contributed by atoms with Crippen molar-refractivity contribution in [3.63, 3.8) is 0 Å². The van der Waals surface area contributed by atoms with Gasteiger partial charge in [-0.25, -0.2) is 8.78 Å². The van der Waals surface area contributed by atoms with Crippen molar-refractivity contribution in [1.29, 1.82) is 0 Å². The third-order valence-electron chi connectivity index (χ3n) is 4.96. The summed E-state index contributed by atoms with van der Waals surface area (Å²) in [5.41, 5.74) is 1.62. The molecule has 0 bridgehead atoms. The number of nitrogens with zero attached hydrogens (tertiary/aromatic N) is 2. The van der Waals surface area contributed by atoms with Crippen LogP contribution < -0.4 is 15.5 Å². The van der Waals surface area contributed by atoms with Crippen LogP contribution in [0.3, 0.4) is 0 Å². The standard InChI is InChI=1S/C22H28F2N4.HI/c1-2-25-22(26-13-10-17-16-18(23)8-9-21(17)24)27-19-11-14-28(15-12-19)20-6-4-3-5-7-20;/h3-9,16,19H,2,10-15H2,1H3,(H2,25,26,27);1H. The first-order chi connectivity index (χ1) is 13.7. The maximum Gasteiger partial charge on any atom is 0.191 e. The van der Waals surface area contributed by atoms with Crippen LogP contribution >= 0.6 is 24.0 Å². The van der Waals surface area contributed by atoms with E-state index in [1.54, 1.807) is 0 Å². The van der Waals surface area contributed by atoms with E-state index < -0.39 is 5.82 Å². The second kappa shape index (κ2) is 11.9. The number of halogens is 3. The highest BCUT2D eigenvalue weighted by Gasteiger charge is 2.20. The van der Waals surface area contributed by atoms with E-state index in [9.17, 15) is 8.78 Å². The van der Waals surface area contributed by atoms with E-state index in [2.05, 4.69) is 44.8 Å². The Balaban J connectivity index is 0.00000300. The number of benzene rings is 2. The van der Waals surface area contributed by atoms with Crippen molar-refractivity contribution >= 4 is 35.6 Å². The number of guanidine groups is 1. The third kappa shape index (κ3) is 7.13. The lowest BCUT2D eigenvalue weighted by Gasteiger charge is -2.34. The largest absolute Gasteiger partial charge is 0.371 e. The van der Waals surface area contributed by atoms with Gasteiger partial charge in [-0.2, -0.15) is 0 Å². The van der Waals surface area contributed by atoms with Crippen LogP contribution in [0.1, 0.15) is 25.3 Å². The van der Waals surface area contributed by atoms with Gasteiger partial charge in [0.2, 0.25) is 0 Å². The lowest BCUT2D eigenvalue weighted by atomic mass is 10.0. The quantitative estimate of drug-likeness (QED) is 0.342. The van der Waals surface area contributed by atoms with Crippen LogP contribution in [-0.2, 0) is 6.42 Å². The molecule has 0 aromatic heterocycles. The Morgan fingerprint density at radius 1 is 1.10 bits per heavy atom. The molecule has 0 aliphatic carbocycles. The summed E-state index contributed by atoms with van der Waals surface area (Å²) in [6, 6.07) is 14.3. The van der Waals surface area contributed by atoms with Gasteiger partial charge >= 0.3 is 0 Å². The van der Waals surface area contributed by atoms with Crippen molar-refractivity contribution in [1.82, 2.24) is 10.6 Å². The Labute approximate surface area is 188 Å². The number of piperidine rings is 1. The molecule has 158 valence electrons. The van der Waals surface area contributed by atoms with E-state index in [4.69, 9.17) is 0 Å². The van der Waals surface area contributed by atoms with Crippen molar-refractivity contribution in [3.8, 4) is 0 Å². The van der Waals surface area contributed by atoms with E-state index in [-0.39, 0.29) is 29.8 Å². The molecule has 0 atom stereocenters. The lowest BCUT2D eigenvalue weighted by Crippen LogP contribution is -2.48. The van der Waals surface area contributed by atoms with Gasteiger partial charge in [0.1, 0.15) is 11.6 Å². The fourth-order valence-electron chi connectivity index (χ4n) is 3.46. The predicted octanol–water partition coefficient (Wildman–Crippen LogP) is 4.35. The summed E-state index contributed by atoms with van der Waals surface area (Å²) in [6.07, 6.45) is 2.42. The molecule has 1 fully saturated rings. The smallest absolute Gasteiger partial charge is 0.191 e. The van der Waals surface area contributed by atoms with Crippen molar-refractivity contribution < 1.29 is 8.78 Å². The molecule has 2 N–H and O–H groups in total. The summed E-state index contributed by atoms with van der Waals surface area (Å²) in [5, 5.41) is 6.73. The van der Waals surface area contributed by atoms with Gasteiger partial charge in [-0.05, 0) is 62.1 Å². The number of para-hydroxylation sites is 1. The molecule has 0 radical (unpaired) electrons. The van der Waals surface area contributed by atoms with E-state index in [0.29, 0.717) is 24.6 Å². The molecule has 0 unspecified atom stereocenters. The molecule has 3 rings (SSSR count). The molecule has 0 amide bonds. The van der Waals surface area contributed by atoms with Crippen molar-refractivity contribution in [2.75, 3.05) is 31.1 Å². The molecular weight excluding hydrogens is 485 g/mol. The van der Waals surface area contributed by atoms with Crippen LogP contribution in [0.2, 0.25) is 0 Å². The molecule has 2 aromatic carbocycles. The fourth-order valence-corrected chi connectivity index (χ4v) is 3.46. The van der Waals surface area contributed by atoms with Crippen molar-refractivity contribution in [2.45, 2.75) is 32.2 Å². The fraction of sp³-hybridized carbons (Fsp3) is 0.409. The summed E-state index contributed by atoms with van der Waals surface area (Å²) in [4.78, 5) is 6.94. The minimum atomic E-state index is -0.421. The topological polar surface area (TPSA) is 39.7 Å². The zero-order valence-electron chi connectivity index (χ0n) is 16.7. The van der Waals surface area contributed by atoms with Gasteiger partial charge in [0, 0.05) is 37.9 Å². The monoisotopic (exact) mass is 514 g/mol. The molecule has 2 aromatic rings. The molecule has 4 nitrogen and oxygen atoms in total. The molecule has 1 aliphatic rings. The summed E-state index contributed by atoms with van der Waals surface area (Å²) >= 11 is 0. The molecule has 0 saturated carbocycles. The molecule has 1 saturated heterocycles. The van der Waals surface area contributed by atoms with E-state index in [1.165, 1.54) is 17.8 Å². The second-order valence-electron chi connectivity index (χ2n) is 6.99. The van der Waals surface area contributed by atoms with Crippen LogP contribution in [0.15, 0.2) is 53.5 Å². The van der Waals surface area contributed by atoms with E-state index in [1.807, 2.05) is 13.0 Å². The number of nitrogens with one attached hydrogen (secondary N) is 2. The number of hydrogen-bond donors (Lipinski definition) is 2. The van der Waals surface area contributed by atoms with Crippen LogP contribution in [-0.4, -0.2) is 38.2 Å². The highest BCUT2D eigenvalue weighted by molar-refractivity contribution is 14.0. The molecule has 0 spiro atoms. The van der Waals surface area contributed by atoms with Crippen molar-refractivity contribution in [3.05, 3.63) is 65.7 Å². The van der Waals surface area contributed by atoms with Crippen LogP contribution in [0.4, 0.5) is 14.5 Å². The molecular formula is C22H29F2IN4. The number of rotatable bonds is 6. The zero-order chi connectivity index (χ0) is 19.8. The Morgan fingerprint density at radius 3 is 2.52 bits per heavy atom. The Bertz CT molecular complexity index is 778. The van der Waals surface area contributed by atoms with Gasteiger partial charge in [-0.15, -0.1) is 24.0 Å². The van der Waals surface area contributed by atoms with Gasteiger partial charge < -0.3 is 15.5 Å². The third-order valence-corrected chi connectivity index (χ3v) is 4.96. The van der Waals surface area contributed by atoms with E-state index in [0.717, 1.165) is 44.5 Å². The van der Waals surface area contributed by atoms with Crippen LogP contribution in [0.5, 0.6) is 0 Å². The first-order valence-corrected chi connectivity index (χ1v) is 9.94. The Kier molecular flexibility index (Phi) is 9.63. The lowest BCUT2D eigenvalue weighted by molar-refractivity contribution is 0.461. The maximum atomic E-state index is 13.7. The summed E-state index contributed by atoms with van der Waals surface area (Å²) in [7, 11) is 0. The SMILES string of the molecule is CCNC(=NCCc1cc(F)ccc1F)NC1CCN(c2ccccc2)CC1.I. The maximum absolute atomic E-state index is 13.7. The first-order valence-electron chi connectivity index (χ1n) is 9.94. The average Bonchev–Trinajstić information content (AvgIpc) is 2.72. The zero-order valence-corrected chi connectivity index (χ0v) is 19.0. The Hall–Kier alpha value is -1.90. The average molecular weight is 514 g/mol. The molecule has 7 heteroatoms. The highest BCUT2D eigenvalue weighted by atomic mass is 127. The van der Waals surface area contributed by atoms with Crippen molar-refractivity contribution in [2.24, 2.45) is 4.99 Å². The normalized spacial score (nSPS) is 15.0. The first kappa shape index (κ1) is 23.4. The molecule has 1 aliphatic heterocycles. The van der Waals surface area contributed by atoms with Gasteiger partial charge in [-0.3, -0.25) is 4.99 Å². The Morgan fingerprint density at radius 2 is 1.83 bits per heavy atom. The summed E-state index contributed by atoms with van der Waals surface area (Å²) in [6.45, 7) is 5.16. The van der Waals surface area contributed by atoms with Gasteiger partial charge in [0.05, 0.1) is 0 Å². The highest BCUT2D eigenvalue weighted by Crippen LogP contribution is 2.19. The number of anilines is 1. The molecule has 29 heavy (non-hydrogen) atoms. The van der Waals surface area contributed by atoms with Crippen LogP contribution in [0.25, 0.3) is 0 Å². The summed E-state index contributed by atoms with van der Waals surface area (Å²) in [5.74, 6) is -0.0732. The second-order valence-corrected chi connectivity index (χ2v) is 6.99. The van der Waals surface area contributed by atoms with Crippen LogP contribution in [0, 0.1) is 11.6 Å². The summed E-state index contributed by atoms with van der Waals surface area (Å²) < 4.78 is 27.0. The van der Waals surface area contributed by atoms with Gasteiger partial charge in [-0.1, -0.05) is 18.2 Å². The minimum absolute atomic E-state index is 0. The predicted molar refractivity (Wildman–Crippen MR) is 126 cm³/mol. The van der Waals surface area contributed by atoms with Gasteiger partial charge in [0.25, 0.3) is 0 Å². The van der Waals surface area contributed by atoms with E-state index >= 15 is 0 Å². The molecule has 1 heterocycles.